The summed E-state index contributed by atoms with van der Waals surface area (Å²) in [6, 6.07) is 10.4. The fraction of sp³-hybridized carbons (Fsp3) is 0.381. The number of ether oxygens (including phenoxy) is 4. The highest BCUT2D eigenvalue weighted by Gasteiger charge is 2.15. The summed E-state index contributed by atoms with van der Waals surface area (Å²) in [6.45, 7) is 0.423. The lowest BCUT2D eigenvalue weighted by Gasteiger charge is -2.24. The van der Waals surface area contributed by atoms with Gasteiger partial charge in [0.1, 0.15) is 0 Å². The van der Waals surface area contributed by atoms with Crippen LogP contribution in [0.5, 0.6) is 23.0 Å². The van der Waals surface area contributed by atoms with Gasteiger partial charge in [-0.1, -0.05) is 0 Å². The molecule has 0 bridgehead atoms. The van der Waals surface area contributed by atoms with Crippen molar-refractivity contribution in [3.05, 3.63) is 42.0 Å². The molecule has 1 atom stereocenters. The fourth-order valence-electron chi connectivity index (χ4n) is 2.84. The third kappa shape index (κ3) is 5.68. The predicted octanol–water partition coefficient (Wildman–Crippen LogP) is 1.95. The molecule has 1 amide bonds. The monoisotopic (exact) mass is 404 g/mol. The standard InChI is InChI=1S/C21H28N2O6/c1-23(15-7-9-18(27-3)20(11-15)29-5)13-16(24)12-22-21(25)14-6-8-17(26-2)19(10-14)28-4/h6-11,16,24H,12-13H2,1-5H3,(H,22,25). The number of nitrogens with zero attached hydrogens (tertiary/aromatic N) is 1. The van der Waals surface area contributed by atoms with Crippen LogP contribution in [-0.4, -0.2) is 65.7 Å². The van der Waals surface area contributed by atoms with Gasteiger partial charge in [-0.25, -0.2) is 0 Å². The van der Waals surface area contributed by atoms with Crippen LogP contribution in [-0.2, 0) is 0 Å². The van der Waals surface area contributed by atoms with Gasteiger partial charge in [-0.15, -0.1) is 0 Å². The molecule has 8 heteroatoms. The van der Waals surface area contributed by atoms with Crippen molar-refractivity contribution in [2.75, 3.05) is 53.5 Å². The van der Waals surface area contributed by atoms with Crippen LogP contribution in [0.25, 0.3) is 0 Å². The molecule has 0 spiro atoms. The largest absolute Gasteiger partial charge is 0.493 e. The Morgan fingerprint density at radius 1 is 0.931 bits per heavy atom. The molecular weight excluding hydrogens is 376 g/mol. The minimum atomic E-state index is -0.766. The molecule has 0 heterocycles. The van der Waals surface area contributed by atoms with E-state index in [4.69, 9.17) is 18.9 Å². The van der Waals surface area contributed by atoms with E-state index in [-0.39, 0.29) is 12.5 Å². The van der Waals surface area contributed by atoms with Gasteiger partial charge in [0, 0.05) is 37.5 Å². The molecule has 0 aliphatic heterocycles. The maximum Gasteiger partial charge on any atom is 0.251 e. The highest BCUT2D eigenvalue weighted by Crippen LogP contribution is 2.31. The molecule has 0 saturated heterocycles. The SMILES string of the molecule is COc1ccc(C(=O)NCC(O)CN(C)c2ccc(OC)c(OC)c2)cc1OC. The third-order valence-corrected chi connectivity index (χ3v) is 4.44. The lowest BCUT2D eigenvalue weighted by atomic mass is 10.2. The first-order valence-corrected chi connectivity index (χ1v) is 9.04. The molecule has 0 radical (unpaired) electrons. The van der Waals surface area contributed by atoms with Crippen molar-refractivity contribution in [2.45, 2.75) is 6.10 Å². The summed E-state index contributed by atoms with van der Waals surface area (Å²) in [5, 5.41) is 13.1. The van der Waals surface area contributed by atoms with Gasteiger partial charge in [-0.3, -0.25) is 4.79 Å². The molecule has 2 aromatic rings. The maximum absolute atomic E-state index is 12.4. The normalized spacial score (nSPS) is 11.4. The van der Waals surface area contributed by atoms with E-state index in [9.17, 15) is 9.90 Å². The number of hydrogen-bond donors (Lipinski definition) is 2. The van der Waals surface area contributed by atoms with Crippen LogP contribution >= 0.6 is 0 Å². The molecule has 2 rings (SSSR count). The van der Waals surface area contributed by atoms with Gasteiger partial charge in [0.2, 0.25) is 0 Å². The van der Waals surface area contributed by atoms with Crippen molar-refractivity contribution < 1.29 is 28.8 Å². The van der Waals surface area contributed by atoms with E-state index in [0.29, 0.717) is 35.1 Å². The Balaban J connectivity index is 1.94. The number of anilines is 1. The average molecular weight is 404 g/mol. The molecule has 0 fully saturated rings. The van der Waals surface area contributed by atoms with Crippen LogP contribution in [0.15, 0.2) is 36.4 Å². The number of amides is 1. The van der Waals surface area contributed by atoms with E-state index in [2.05, 4.69) is 5.32 Å². The van der Waals surface area contributed by atoms with Gasteiger partial charge in [0.05, 0.1) is 34.5 Å². The van der Waals surface area contributed by atoms with Crippen LogP contribution in [0.3, 0.4) is 0 Å². The summed E-state index contributed by atoms with van der Waals surface area (Å²) in [7, 11) is 8.03. The molecule has 0 aliphatic carbocycles. The van der Waals surface area contributed by atoms with Gasteiger partial charge >= 0.3 is 0 Å². The Bertz CT molecular complexity index is 827. The molecule has 0 saturated carbocycles. The summed E-state index contributed by atoms with van der Waals surface area (Å²) in [6.07, 6.45) is -0.766. The van der Waals surface area contributed by atoms with Gasteiger partial charge in [-0.05, 0) is 30.3 Å². The second-order valence-corrected chi connectivity index (χ2v) is 6.35. The Hall–Kier alpha value is -3.13. The van der Waals surface area contributed by atoms with E-state index in [1.54, 1.807) is 38.5 Å². The highest BCUT2D eigenvalue weighted by atomic mass is 16.5. The van der Waals surface area contributed by atoms with Crippen LogP contribution in [0.1, 0.15) is 10.4 Å². The van der Waals surface area contributed by atoms with Crippen molar-refractivity contribution in [1.82, 2.24) is 5.32 Å². The number of rotatable bonds is 10. The van der Waals surface area contributed by atoms with Gasteiger partial charge in [-0.2, -0.15) is 0 Å². The molecule has 29 heavy (non-hydrogen) atoms. The zero-order chi connectivity index (χ0) is 21.4. The summed E-state index contributed by atoms with van der Waals surface area (Å²) in [5.41, 5.74) is 1.27. The Morgan fingerprint density at radius 2 is 1.48 bits per heavy atom. The second kappa shape index (κ2) is 10.4. The lowest BCUT2D eigenvalue weighted by Crippen LogP contribution is -2.38. The minimum absolute atomic E-state index is 0.102. The summed E-state index contributed by atoms with van der Waals surface area (Å²) in [5.74, 6) is 1.94. The lowest BCUT2D eigenvalue weighted by molar-refractivity contribution is 0.0919. The highest BCUT2D eigenvalue weighted by molar-refractivity contribution is 5.94. The van der Waals surface area contributed by atoms with Gasteiger partial charge in [0.15, 0.2) is 23.0 Å². The third-order valence-electron chi connectivity index (χ3n) is 4.44. The Kier molecular flexibility index (Phi) is 7.97. The number of methoxy groups -OCH3 is 4. The molecule has 0 aliphatic rings. The first-order chi connectivity index (χ1) is 13.9. The van der Waals surface area contributed by atoms with Crippen molar-refractivity contribution in [2.24, 2.45) is 0 Å². The second-order valence-electron chi connectivity index (χ2n) is 6.35. The molecule has 158 valence electrons. The number of benzene rings is 2. The van der Waals surface area contributed by atoms with Crippen LogP contribution in [0.4, 0.5) is 5.69 Å². The summed E-state index contributed by atoms with van der Waals surface area (Å²) >= 11 is 0. The summed E-state index contributed by atoms with van der Waals surface area (Å²) < 4.78 is 20.9. The zero-order valence-corrected chi connectivity index (χ0v) is 17.4. The number of likely N-dealkylation sites (N-methyl/N-ethyl adjacent to an activating group) is 1. The van der Waals surface area contributed by atoms with E-state index < -0.39 is 6.10 Å². The van der Waals surface area contributed by atoms with Crippen molar-refractivity contribution in [3.63, 3.8) is 0 Å². The smallest absolute Gasteiger partial charge is 0.251 e. The molecule has 0 aromatic heterocycles. The summed E-state index contributed by atoms with van der Waals surface area (Å²) in [4.78, 5) is 14.2. The maximum atomic E-state index is 12.4. The quantitative estimate of drug-likeness (QED) is 0.626. The topological polar surface area (TPSA) is 89.5 Å². The minimum Gasteiger partial charge on any atom is -0.493 e. The van der Waals surface area contributed by atoms with E-state index >= 15 is 0 Å². The zero-order valence-electron chi connectivity index (χ0n) is 17.4. The Morgan fingerprint density at radius 3 is 2.07 bits per heavy atom. The van der Waals surface area contributed by atoms with Crippen LogP contribution < -0.4 is 29.2 Å². The fourth-order valence-corrected chi connectivity index (χ4v) is 2.84. The van der Waals surface area contributed by atoms with Crippen molar-refractivity contribution in [1.29, 1.82) is 0 Å². The van der Waals surface area contributed by atoms with Crippen LogP contribution in [0.2, 0.25) is 0 Å². The first-order valence-electron chi connectivity index (χ1n) is 9.04. The number of carbonyl (C=O) groups excluding carboxylic acids is 1. The van der Waals surface area contributed by atoms with E-state index in [0.717, 1.165) is 5.69 Å². The average Bonchev–Trinajstić information content (AvgIpc) is 2.76. The van der Waals surface area contributed by atoms with E-state index in [1.807, 2.05) is 24.1 Å². The predicted molar refractivity (Wildman–Crippen MR) is 111 cm³/mol. The van der Waals surface area contributed by atoms with E-state index in [1.165, 1.54) is 14.2 Å². The van der Waals surface area contributed by atoms with Crippen molar-refractivity contribution in [3.8, 4) is 23.0 Å². The van der Waals surface area contributed by atoms with Crippen LogP contribution in [0, 0.1) is 0 Å². The van der Waals surface area contributed by atoms with Crippen molar-refractivity contribution >= 4 is 11.6 Å². The number of hydrogen-bond acceptors (Lipinski definition) is 7. The molecule has 2 N–H and O–H groups in total. The molecule has 2 aromatic carbocycles. The molecule has 8 nitrogen and oxygen atoms in total. The number of aliphatic hydroxyl groups excluding tert-OH is 1. The number of nitrogens with one attached hydrogen (secondary N) is 1. The number of carbonyl (C=O) groups is 1. The number of aliphatic hydroxyl groups is 1. The molecule has 1 unspecified atom stereocenters. The Labute approximate surface area is 170 Å². The molecular formula is C21H28N2O6. The van der Waals surface area contributed by atoms with Gasteiger partial charge < -0.3 is 34.3 Å². The van der Waals surface area contributed by atoms with Gasteiger partial charge in [0.25, 0.3) is 5.91 Å². The first kappa shape index (κ1) is 22.2.